The quantitative estimate of drug-likeness (QED) is 0.895. The fourth-order valence-corrected chi connectivity index (χ4v) is 2.45. The third-order valence-corrected chi connectivity index (χ3v) is 3.51. The molecule has 1 atom stereocenters. The highest BCUT2D eigenvalue weighted by Gasteiger charge is 2.23. The molecule has 3 nitrogen and oxygen atoms in total. The molecule has 0 heterocycles. The van der Waals surface area contributed by atoms with Crippen molar-refractivity contribution in [3.05, 3.63) is 64.7 Å². The highest BCUT2D eigenvalue weighted by molar-refractivity contribution is 5.77. The molecule has 104 valence electrons. The molecule has 0 spiro atoms. The van der Waals surface area contributed by atoms with Gasteiger partial charge in [0.1, 0.15) is 5.75 Å². The van der Waals surface area contributed by atoms with Gasteiger partial charge in [0.15, 0.2) is 0 Å². The Bertz CT molecular complexity index is 632. The lowest BCUT2D eigenvalue weighted by Gasteiger charge is -2.16. The molecule has 1 unspecified atom stereocenters. The lowest BCUT2D eigenvalue weighted by molar-refractivity contribution is -0.138. The standard InChI is InChI=1S/C17H18O3/c1-11-7-8-14(12(2)9-11)15(17(19)20)10-13-5-3-4-6-16(13)18/h3-9,15,18H,10H2,1-2H3,(H,19,20). The van der Waals surface area contributed by atoms with E-state index >= 15 is 0 Å². The number of aromatic hydroxyl groups is 1. The lowest BCUT2D eigenvalue weighted by atomic mass is 9.88. The molecule has 0 fully saturated rings. The van der Waals surface area contributed by atoms with Crippen LogP contribution in [-0.2, 0) is 11.2 Å². The van der Waals surface area contributed by atoms with Crippen LogP contribution in [0.1, 0.15) is 28.2 Å². The predicted octanol–water partition coefficient (Wildman–Crippen LogP) is 3.42. The number of para-hydroxylation sites is 1. The van der Waals surface area contributed by atoms with Gasteiger partial charge in [0.2, 0.25) is 0 Å². The Hall–Kier alpha value is -2.29. The van der Waals surface area contributed by atoms with Crippen molar-refractivity contribution in [3.8, 4) is 5.75 Å². The maximum Gasteiger partial charge on any atom is 0.311 e. The van der Waals surface area contributed by atoms with E-state index in [0.29, 0.717) is 5.56 Å². The average molecular weight is 270 g/mol. The monoisotopic (exact) mass is 270 g/mol. The van der Waals surface area contributed by atoms with E-state index in [9.17, 15) is 15.0 Å². The first-order valence-corrected chi connectivity index (χ1v) is 6.56. The molecule has 2 aromatic carbocycles. The Morgan fingerprint density at radius 3 is 2.45 bits per heavy atom. The van der Waals surface area contributed by atoms with Crippen LogP contribution in [0.3, 0.4) is 0 Å². The summed E-state index contributed by atoms with van der Waals surface area (Å²) >= 11 is 0. The van der Waals surface area contributed by atoms with E-state index in [2.05, 4.69) is 0 Å². The molecule has 0 aromatic heterocycles. The summed E-state index contributed by atoms with van der Waals surface area (Å²) in [5, 5.41) is 19.3. The third-order valence-electron chi connectivity index (χ3n) is 3.51. The van der Waals surface area contributed by atoms with Crippen molar-refractivity contribution in [3.63, 3.8) is 0 Å². The smallest absolute Gasteiger partial charge is 0.311 e. The van der Waals surface area contributed by atoms with Crippen molar-refractivity contribution in [1.29, 1.82) is 0 Å². The van der Waals surface area contributed by atoms with Crippen LogP contribution >= 0.6 is 0 Å². The van der Waals surface area contributed by atoms with Crippen LogP contribution in [0.5, 0.6) is 5.75 Å². The van der Waals surface area contributed by atoms with Crippen LogP contribution < -0.4 is 0 Å². The number of phenols is 1. The summed E-state index contributed by atoms with van der Waals surface area (Å²) in [4.78, 5) is 11.6. The molecule has 2 N–H and O–H groups in total. The van der Waals surface area contributed by atoms with E-state index in [1.165, 1.54) is 0 Å². The molecule has 0 aliphatic heterocycles. The van der Waals surface area contributed by atoms with Gasteiger partial charge in [-0.1, -0.05) is 42.0 Å². The molecule has 2 rings (SSSR count). The number of hydrogen-bond acceptors (Lipinski definition) is 2. The predicted molar refractivity (Wildman–Crippen MR) is 78.1 cm³/mol. The molecular formula is C17H18O3. The first-order valence-electron chi connectivity index (χ1n) is 6.56. The van der Waals surface area contributed by atoms with E-state index in [0.717, 1.165) is 16.7 Å². The number of phenolic OH excluding ortho intramolecular Hbond substituents is 1. The van der Waals surface area contributed by atoms with E-state index in [1.54, 1.807) is 24.3 Å². The second kappa shape index (κ2) is 5.78. The van der Waals surface area contributed by atoms with Crippen LogP contribution in [0, 0.1) is 13.8 Å². The van der Waals surface area contributed by atoms with Crippen molar-refractivity contribution >= 4 is 5.97 Å². The Morgan fingerprint density at radius 2 is 1.85 bits per heavy atom. The molecule has 0 amide bonds. The van der Waals surface area contributed by atoms with Crippen LogP contribution in [0.25, 0.3) is 0 Å². The van der Waals surface area contributed by atoms with Gasteiger partial charge in [0.25, 0.3) is 0 Å². The molecule has 0 bridgehead atoms. The Labute approximate surface area is 118 Å². The molecule has 20 heavy (non-hydrogen) atoms. The van der Waals surface area contributed by atoms with Gasteiger partial charge < -0.3 is 10.2 Å². The van der Waals surface area contributed by atoms with Gasteiger partial charge in [-0.05, 0) is 43.0 Å². The highest BCUT2D eigenvalue weighted by Crippen LogP contribution is 2.28. The summed E-state index contributed by atoms with van der Waals surface area (Å²) in [7, 11) is 0. The van der Waals surface area contributed by atoms with Crippen molar-refractivity contribution < 1.29 is 15.0 Å². The number of carboxylic acid groups (broad SMARTS) is 1. The van der Waals surface area contributed by atoms with Gasteiger partial charge >= 0.3 is 5.97 Å². The Balaban J connectivity index is 2.37. The minimum absolute atomic E-state index is 0.142. The van der Waals surface area contributed by atoms with Crippen LogP contribution in [0.4, 0.5) is 0 Å². The van der Waals surface area contributed by atoms with Crippen molar-refractivity contribution in [2.24, 2.45) is 0 Å². The Morgan fingerprint density at radius 1 is 1.15 bits per heavy atom. The maximum atomic E-state index is 11.6. The van der Waals surface area contributed by atoms with E-state index < -0.39 is 11.9 Å². The topological polar surface area (TPSA) is 57.5 Å². The molecule has 0 saturated heterocycles. The first kappa shape index (κ1) is 14.1. The van der Waals surface area contributed by atoms with E-state index in [-0.39, 0.29) is 12.2 Å². The molecule has 0 aliphatic rings. The van der Waals surface area contributed by atoms with Crippen molar-refractivity contribution in [2.75, 3.05) is 0 Å². The number of hydrogen-bond donors (Lipinski definition) is 2. The summed E-state index contributed by atoms with van der Waals surface area (Å²) in [6.07, 6.45) is 0.284. The van der Waals surface area contributed by atoms with Gasteiger partial charge in [0, 0.05) is 0 Å². The molecule has 0 radical (unpaired) electrons. The minimum Gasteiger partial charge on any atom is -0.508 e. The zero-order valence-corrected chi connectivity index (χ0v) is 11.6. The second-order valence-corrected chi connectivity index (χ2v) is 5.08. The van der Waals surface area contributed by atoms with Crippen LogP contribution in [-0.4, -0.2) is 16.2 Å². The fraction of sp³-hybridized carbons (Fsp3) is 0.235. The van der Waals surface area contributed by atoms with E-state index in [1.807, 2.05) is 32.0 Å². The number of benzene rings is 2. The zero-order valence-electron chi connectivity index (χ0n) is 11.6. The molecule has 3 heteroatoms. The maximum absolute atomic E-state index is 11.6. The van der Waals surface area contributed by atoms with Crippen LogP contribution in [0.2, 0.25) is 0 Å². The minimum atomic E-state index is -0.875. The Kier molecular flexibility index (Phi) is 4.08. The first-order chi connectivity index (χ1) is 9.49. The fourth-order valence-electron chi connectivity index (χ4n) is 2.45. The zero-order chi connectivity index (χ0) is 14.7. The molecular weight excluding hydrogens is 252 g/mol. The SMILES string of the molecule is Cc1ccc(C(Cc2ccccc2O)C(=O)O)c(C)c1. The van der Waals surface area contributed by atoms with Crippen molar-refractivity contribution in [2.45, 2.75) is 26.2 Å². The van der Waals surface area contributed by atoms with E-state index in [4.69, 9.17) is 0 Å². The van der Waals surface area contributed by atoms with Crippen molar-refractivity contribution in [1.82, 2.24) is 0 Å². The summed E-state index contributed by atoms with van der Waals surface area (Å²) in [5.41, 5.74) is 3.52. The van der Waals surface area contributed by atoms with Gasteiger partial charge in [0.05, 0.1) is 5.92 Å². The summed E-state index contributed by atoms with van der Waals surface area (Å²) in [5.74, 6) is -1.38. The number of carbonyl (C=O) groups is 1. The number of rotatable bonds is 4. The normalized spacial score (nSPS) is 12.1. The largest absolute Gasteiger partial charge is 0.508 e. The van der Waals surface area contributed by atoms with Gasteiger partial charge in [-0.2, -0.15) is 0 Å². The third kappa shape index (κ3) is 2.99. The second-order valence-electron chi connectivity index (χ2n) is 5.08. The summed E-state index contributed by atoms with van der Waals surface area (Å²) < 4.78 is 0. The number of aryl methyl sites for hydroxylation is 2. The number of carboxylic acids is 1. The molecule has 0 saturated carbocycles. The molecule has 2 aromatic rings. The summed E-state index contributed by atoms with van der Waals surface area (Å²) in [6, 6.07) is 12.6. The molecule has 0 aliphatic carbocycles. The van der Waals surface area contributed by atoms with Gasteiger partial charge in [-0.25, -0.2) is 0 Å². The van der Waals surface area contributed by atoms with Gasteiger partial charge in [-0.15, -0.1) is 0 Å². The van der Waals surface area contributed by atoms with Gasteiger partial charge in [-0.3, -0.25) is 4.79 Å². The lowest BCUT2D eigenvalue weighted by Crippen LogP contribution is -2.15. The highest BCUT2D eigenvalue weighted by atomic mass is 16.4. The summed E-state index contributed by atoms with van der Waals surface area (Å²) in [6.45, 7) is 3.90. The average Bonchev–Trinajstić information content (AvgIpc) is 2.38. The van der Waals surface area contributed by atoms with Crippen LogP contribution in [0.15, 0.2) is 42.5 Å². The number of aliphatic carboxylic acids is 1.